The molecular weight excluding hydrogens is 372 g/mol. The lowest BCUT2D eigenvalue weighted by Gasteiger charge is -2.11. The van der Waals surface area contributed by atoms with Gasteiger partial charge in [-0.2, -0.15) is 0 Å². The first-order chi connectivity index (χ1) is 13.3. The van der Waals surface area contributed by atoms with Gasteiger partial charge in [-0.3, -0.25) is 4.79 Å². The minimum atomic E-state index is -0.183. The molecule has 28 heavy (non-hydrogen) atoms. The van der Waals surface area contributed by atoms with E-state index >= 15 is 0 Å². The highest BCUT2D eigenvalue weighted by atomic mass is 35.5. The molecular formula is C23H27ClN2O2. The lowest BCUT2D eigenvalue weighted by Crippen LogP contribution is -2.25. The van der Waals surface area contributed by atoms with Crippen molar-refractivity contribution < 1.29 is 9.53 Å². The van der Waals surface area contributed by atoms with Crippen molar-refractivity contribution in [1.29, 1.82) is 0 Å². The Morgan fingerprint density at radius 1 is 1.14 bits per heavy atom. The van der Waals surface area contributed by atoms with Crippen LogP contribution in [-0.4, -0.2) is 5.91 Å². The van der Waals surface area contributed by atoms with Gasteiger partial charge in [0.2, 0.25) is 0 Å². The summed E-state index contributed by atoms with van der Waals surface area (Å²) in [6.07, 6.45) is 4.52. The third kappa shape index (κ3) is 5.89. The van der Waals surface area contributed by atoms with Gasteiger partial charge in [-0.15, -0.1) is 0 Å². The molecule has 0 unspecified atom stereocenters. The summed E-state index contributed by atoms with van der Waals surface area (Å²) in [6, 6.07) is 11.4. The van der Waals surface area contributed by atoms with Gasteiger partial charge in [0, 0.05) is 17.3 Å². The average molecular weight is 399 g/mol. The molecule has 0 radical (unpaired) electrons. The maximum atomic E-state index is 12.3. The second-order valence-corrected chi connectivity index (χ2v) is 7.09. The lowest BCUT2D eigenvalue weighted by molar-refractivity contribution is -0.117. The van der Waals surface area contributed by atoms with E-state index in [1.54, 1.807) is 13.0 Å². The number of hydrogen-bond donors (Lipinski definition) is 2. The van der Waals surface area contributed by atoms with Crippen LogP contribution in [0.1, 0.15) is 37.0 Å². The quantitative estimate of drug-likeness (QED) is 0.473. The molecule has 0 aromatic heterocycles. The highest BCUT2D eigenvalue weighted by Crippen LogP contribution is 2.29. The van der Waals surface area contributed by atoms with E-state index in [2.05, 4.69) is 5.32 Å². The number of nitrogens with one attached hydrogen (secondary N) is 1. The van der Waals surface area contributed by atoms with Crippen molar-refractivity contribution in [2.24, 2.45) is 5.73 Å². The highest BCUT2D eigenvalue weighted by Gasteiger charge is 2.09. The Morgan fingerprint density at radius 3 is 2.29 bits per heavy atom. The minimum Gasteiger partial charge on any atom is -0.457 e. The number of benzene rings is 2. The third-order valence-corrected chi connectivity index (χ3v) is 4.81. The molecule has 0 bridgehead atoms. The molecule has 0 saturated heterocycles. The molecule has 4 nitrogen and oxygen atoms in total. The molecule has 0 fully saturated rings. The van der Waals surface area contributed by atoms with Gasteiger partial charge in [-0.05, 0) is 68.1 Å². The topological polar surface area (TPSA) is 64.3 Å². The van der Waals surface area contributed by atoms with Crippen LogP contribution in [0, 0.1) is 13.8 Å². The average Bonchev–Trinajstić information content (AvgIpc) is 2.65. The van der Waals surface area contributed by atoms with Gasteiger partial charge >= 0.3 is 0 Å². The Hall–Kier alpha value is -2.72. The van der Waals surface area contributed by atoms with E-state index < -0.39 is 0 Å². The summed E-state index contributed by atoms with van der Waals surface area (Å²) in [5.74, 6) is 1.29. The summed E-state index contributed by atoms with van der Waals surface area (Å²) in [6.45, 7) is 8.05. The summed E-state index contributed by atoms with van der Waals surface area (Å²) >= 11 is 6.20. The summed E-state index contributed by atoms with van der Waals surface area (Å²) < 4.78 is 5.91. The number of halogens is 1. The fraction of sp³-hybridized carbons (Fsp3) is 0.261. The fourth-order valence-electron chi connectivity index (χ4n) is 2.68. The van der Waals surface area contributed by atoms with E-state index in [0.29, 0.717) is 17.8 Å². The van der Waals surface area contributed by atoms with Gasteiger partial charge in [-0.25, -0.2) is 0 Å². The zero-order chi connectivity index (χ0) is 20.7. The van der Waals surface area contributed by atoms with Crippen molar-refractivity contribution in [2.75, 3.05) is 0 Å². The van der Waals surface area contributed by atoms with Crippen LogP contribution in [0.4, 0.5) is 0 Å². The Balaban J connectivity index is 2.00. The smallest absolute Gasteiger partial charge is 0.253 e. The van der Waals surface area contributed by atoms with E-state index in [4.69, 9.17) is 22.1 Å². The molecule has 148 valence electrons. The number of aryl methyl sites for hydroxylation is 2. The van der Waals surface area contributed by atoms with Crippen molar-refractivity contribution in [1.82, 2.24) is 5.32 Å². The van der Waals surface area contributed by atoms with Crippen molar-refractivity contribution in [2.45, 2.75) is 40.7 Å². The molecule has 0 aliphatic carbocycles. The first-order valence-corrected chi connectivity index (χ1v) is 9.64. The van der Waals surface area contributed by atoms with Crippen LogP contribution in [0.2, 0.25) is 5.02 Å². The Kier molecular flexibility index (Phi) is 7.70. The first kappa shape index (κ1) is 21.6. The van der Waals surface area contributed by atoms with Crippen LogP contribution >= 0.6 is 11.6 Å². The fourth-order valence-corrected chi connectivity index (χ4v) is 2.79. The van der Waals surface area contributed by atoms with Crippen LogP contribution in [0.15, 0.2) is 59.8 Å². The normalized spacial score (nSPS) is 12.0. The molecule has 5 heteroatoms. The van der Waals surface area contributed by atoms with E-state index in [1.807, 2.05) is 63.2 Å². The van der Waals surface area contributed by atoms with Crippen molar-refractivity contribution >= 4 is 17.5 Å². The van der Waals surface area contributed by atoms with Gasteiger partial charge in [0.15, 0.2) is 0 Å². The maximum Gasteiger partial charge on any atom is 0.253 e. The van der Waals surface area contributed by atoms with Gasteiger partial charge in [0.1, 0.15) is 11.5 Å². The molecule has 3 N–H and O–H groups in total. The monoisotopic (exact) mass is 398 g/mol. The molecule has 1 amide bonds. The third-order valence-electron chi connectivity index (χ3n) is 4.21. The zero-order valence-corrected chi connectivity index (χ0v) is 17.6. The number of hydrogen-bond acceptors (Lipinski definition) is 3. The zero-order valence-electron chi connectivity index (χ0n) is 16.8. The van der Waals surface area contributed by atoms with Crippen LogP contribution in [-0.2, 0) is 11.3 Å². The van der Waals surface area contributed by atoms with Gasteiger partial charge in [-0.1, -0.05) is 42.8 Å². The second kappa shape index (κ2) is 10.00. The van der Waals surface area contributed by atoms with E-state index in [1.165, 1.54) is 0 Å². The molecule has 2 rings (SSSR count). The van der Waals surface area contributed by atoms with Gasteiger partial charge < -0.3 is 15.8 Å². The molecule has 0 atom stereocenters. The molecule has 0 spiro atoms. The van der Waals surface area contributed by atoms with Crippen LogP contribution in [0.5, 0.6) is 11.5 Å². The van der Waals surface area contributed by atoms with Crippen molar-refractivity contribution in [3.63, 3.8) is 0 Å². The second-order valence-electron chi connectivity index (χ2n) is 6.71. The highest BCUT2D eigenvalue weighted by molar-refractivity contribution is 6.32. The van der Waals surface area contributed by atoms with Crippen LogP contribution < -0.4 is 15.8 Å². The van der Waals surface area contributed by atoms with Gasteiger partial charge in [0.05, 0.1) is 5.57 Å². The summed E-state index contributed by atoms with van der Waals surface area (Å²) in [7, 11) is 0. The molecule has 0 saturated carbocycles. The SMILES string of the molecule is CC/C=C\C(C(=O)NCc1ccc(Oc2cc(C)c(Cl)c(C)c2)cc1)=C(/C)N. The molecule has 0 aliphatic heterocycles. The summed E-state index contributed by atoms with van der Waals surface area (Å²) in [5, 5.41) is 3.65. The number of amides is 1. The number of rotatable bonds is 7. The predicted molar refractivity (Wildman–Crippen MR) is 116 cm³/mol. The van der Waals surface area contributed by atoms with Gasteiger partial charge in [0.25, 0.3) is 5.91 Å². The van der Waals surface area contributed by atoms with Crippen LogP contribution in [0.3, 0.4) is 0 Å². The first-order valence-electron chi connectivity index (χ1n) is 9.26. The molecule has 0 aliphatic rings. The maximum absolute atomic E-state index is 12.3. The van der Waals surface area contributed by atoms with E-state index in [9.17, 15) is 4.79 Å². The standard InChI is InChI=1S/C23H27ClN2O2/c1-5-6-7-21(17(4)25)23(27)26-14-18-8-10-19(11-9-18)28-20-12-15(2)22(24)16(3)13-20/h6-13H,5,14,25H2,1-4H3,(H,26,27)/b7-6-,21-17-. The number of allylic oxidation sites excluding steroid dienone is 2. The summed E-state index contributed by atoms with van der Waals surface area (Å²) in [4.78, 5) is 12.3. The summed E-state index contributed by atoms with van der Waals surface area (Å²) in [5.41, 5.74) is 9.74. The van der Waals surface area contributed by atoms with Crippen LogP contribution in [0.25, 0.3) is 0 Å². The van der Waals surface area contributed by atoms with E-state index in [0.717, 1.165) is 39.6 Å². The Bertz CT molecular complexity index is 872. The number of ether oxygens (including phenoxy) is 1. The Labute approximate surface area is 172 Å². The Morgan fingerprint density at radius 2 is 1.75 bits per heavy atom. The lowest BCUT2D eigenvalue weighted by atomic mass is 10.1. The molecule has 2 aromatic carbocycles. The minimum absolute atomic E-state index is 0.183. The van der Waals surface area contributed by atoms with E-state index in [-0.39, 0.29) is 5.91 Å². The molecule has 2 aromatic rings. The number of carbonyl (C=O) groups is 1. The van der Waals surface area contributed by atoms with Crippen molar-refractivity contribution in [3.8, 4) is 11.5 Å². The predicted octanol–water partition coefficient (Wildman–Crippen LogP) is 5.56. The number of nitrogens with two attached hydrogens (primary N) is 1. The van der Waals surface area contributed by atoms with Crippen molar-refractivity contribution in [3.05, 3.63) is 81.5 Å². The number of carbonyl (C=O) groups excluding carboxylic acids is 1. The largest absolute Gasteiger partial charge is 0.457 e. The molecule has 0 heterocycles.